The van der Waals surface area contributed by atoms with Crippen LogP contribution in [0.15, 0.2) is 18.3 Å². The fourth-order valence-electron chi connectivity index (χ4n) is 2.77. The lowest BCUT2D eigenvalue weighted by Crippen LogP contribution is -2.48. The van der Waals surface area contributed by atoms with Gasteiger partial charge < -0.3 is 15.3 Å². The van der Waals surface area contributed by atoms with Gasteiger partial charge in [0.2, 0.25) is 5.91 Å². The van der Waals surface area contributed by atoms with Gasteiger partial charge >= 0.3 is 0 Å². The Kier molecular flexibility index (Phi) is 3.87. The molecule has 0 aromatic carbocycles. The van der Waals surface area contributed by atoms with E-state index in [0.717, 1.165) is 18.4 Å². The van der Waals surface area contributed by atoms with E-state index in [2.05, 4.69) is 10.3 Å². The zero-order valence-corrected chi connectivity index (χ0v) is 12.7. The lowest BCUT2D eigenvalue weighted by molar-refractivity contribution is -0.145. The van der Waals surface area contributed by atoms with Crippen molar-refractivity contribution in [2.45, 2.75) is 38.2 Å². The van der Waals surface area contributed by atoms with Crippen molar-refractivity contribution in [2.75, 3.05) is 18.4 Å². The maximum atomic E-state index is 12.3. The highest BCUT2D eigenvalue weighted by atomic mass is 16.3. The molecule has 6 nitrogen and oxygen atoms in total. The highest BCUT2D eigenvalue weighted by molar-refractivity contribution is 5.93. The van der Waals surface area contributed by atoms with Crippen molar-refractivity contribution in [3.8, 4) is 0 Å². The Morgan fingerprint density at radius 2 is 2.18 bits per heavy atom. The van der Waals surface area contributed by atoms with Gasteiger partial charge in [0.15, 0.2) is 0 Å². The second kappa shape index (κ2) is 5.68. The number of pyridine rings is 1. The van der Waals surface area contributed by atoms with E-state index in [1.54, 1.807) is 17.2 Å². The molecule has 1 unspecified atom stereocenters. The molecule has 2 N–H and O–H groups in total. The molecular weight excluding hydrogens is 282 g/mol. The number of amides is 2. The molecule has 2 aliphatic rings. The number of piperidine rings is 1. The van der Waals surface area contributed by atoms with Gasteiger partial charge in [0.25, 0.3) is 5.91 Å². The van der Waals surface area contributed by atoms with E-state index in [1.807, 2.05) is 13.0 Å². The summed E-state index contributed by atoms with van der Waals surface area (Å²) in [6, 6.07) is 3.66. The van der Waals surface area contributed by atoms with Gasteiger partial charge in [-0.15, -0.1) is 0 Å². The highest BCUT2D eigenvalue weighted by Crippen LogP contribution is 2.37. The van der Waals surface area contributed by atoms with Crippen molar-refractivity contribution in [3.63, 3.8) is 0 Å². The first kappa shape index (κ1) is 15.0. The van der Waals surface area contributed by atoms with Gasteiger partial charge in [-0.25, -0.2) is 4.98 Å². The van der Waals surface area contributed by atoms with Crippen LogP contribution in [-0.2, 0) is 9.59 Å². The van der Waals surface area contributed by atoms with Gasteiger partial charge in [0.1, 0.15) is 11.4 Å². The standard InChI is InChI=1S/C16H21N3O3/c1-11-4-5-13(17-9-11)18-14(20)12-3-2-8-19(10-12)15(21)16(22)6-7-16/h4-5,9,12,22H,2-3,6-8,10H2,1H3,(H,17,18,20). The Morgan fingerprint density at radius 1 is 1.41 bits per heavy atom. The minimum atomic E-state index is -1.16. The number of aliphatic hydroxyl groups is 1. The number of carbonyl (C=O) groups excluding carboxylic acids is 2. The molecule has 1 atom stereocenters. The minimum Gasteiger partial charge on any atom is -0.380 e. The molecule has 1 saturated heterocycles. The first-order valence-electron chi connectivity index (χ1n) is 7.73. The van der Waals surface area contributed by atoms with Crippen LogP contribution in [0.4, 0.5) is 5.82 Å². The average molecular weight is 303 g/mol. The van der Waals surface area contributed by atoms with Crippen LogP contribution in [0.3, 0.4) is 0 Å². The van der Waals surface area contributed by atoms with E-state index in [9.17, 15) is 14.7 Å². The molecule has 1 saturated carbocycles. The number of carbonyl (C=O) groups is 2. The van der Waals surface area contributed by atoms with Crippen LogP contribution < -0.4 is 5.32 Å². The number of anilines is 1. The first-order chi connectivity index (χ1) is 10.5. The molecule has 2 heterocycles. The maximum absolute atomic E-state index is 12.3. The van der Waals surface area contributed by atoms with Gasteiger partial charge in [-0.05, 0) is 44.2 Å². The molecular formula is C16H21N3O3. The molecule has 2 amide bonds. The van der Waals surface area contributed by atoms with Crippen molar-refractivity contribution < 1.29 is 14.7 Å². The van der Waals surface area contributed by atoms with E-state index in [4.69, 9.17) is 0 Å². The van der Waals surface area contributed by atoms with Crippen molar-refractivity contribution in [1.29, 1.82) is 0 Å². The van der Waals surface area contributed by atoms with E-state index in [1.165, 1.54) is 0 Å². The Bertz CT molecular complexity index is 581. The summed E-state index contributed by atoms with van der Waals surface area (Å²) in [5.74, 6) is -0.0573. The second-order valence-corrected chi connectivity index (χ2v) is 6.33. The van der Waals surface area contributed by atoms with Crippen LogP contribution in [0, 0.1) is 12.8 Å². The van der Waals surface area contributed by atoms with Crippen LogP contribution >= 0.6 is 0 Å². The van der Waals surface area contributed by atoms with E-state index >= 15 is 0 Å². The minimum absolute atomic E-state index is 0.114. The summed E-state index contributed by atoms with van der Waals surface area (Å²) >= 11 is 0. The molecule has 0 bridgehead atoms. The third-order valence-electron chi connectivity index (χ3n) is 4.36. The van der Waals surface area contributed by atoms with Crippen LogP contribution in [0.25, 0.3) is 0 Å². The Morgan fingerprint density at radius 3 is 2.82 bits per heavy atom. The summed E-state index contributed by atoms with van der Waals surface area (Å²) in [6.07, 6.45) is 4.30. The molecule has 1 aromatic heterocycles. The summed E-state index contributed by atoms with van der Waals surface area (Å²) in [7, 11) is 0. The number of nitrogens with zero attached hydrogens (tertiary/aromatic N) is 2. The summed E-state index contributed by atoms with van der Waals surface area (Å²) in [5.41, 5.74) is -0.123. The van der Waals surface area contributed by atoms with Crippen LogP contribution in [-0.4, -0.2) is 45.5 Å². The topological polar surface area (TPSA) is 82.5 Å². The molecule has 0 radical (unpaired) electrons. The molecule has 1 aromatic rings. The molecule has 6 heteroatoms. The molecule has 0 spiro atoms. The zero-order valence-electron chi connectivity index (χ0n) is 12.7. The third-order valence-corrected chi connectivity index (χ3v) is 4.36. The van der Waals surface area contributed by atoms with Crippen molar-refractivity contribution in [3.05, 3.63) is 23.9 Å². The summed E-state index contributed by atoms with van der Waals surface area (Å²) in [6.45, 7) is 2.93. The number of aryl methyl sites for hydroxylation is 1. The normalized spacial score (nSPS) is 23.0. The number of hydrogen-bond acceptors (Lipinski definition) is 4. The molecule has 1 aliphatic carbocycles. The molecule has 118 valence electrons. The van der Waals surface area contributed by atoms with Crippen molar-refractivity contribution >= 4 is 17.6 Å². The Balaban J connectivity index is 1.60. The Labute approximate surface area is 129 Å². The summed E-state index contributed by atoms with van der Waals surface area (Å²) in [5, 5.41) is 12.7. The predicted octanol–water partition coefficient (Wildman–Crippen LogP) is 1.09. The fraction of sp³-hybridized carbons (Fsp3) is 0.562. The lowest BCUT2D eigenvalue weighted by atomic mass is 9.96. The average Bonchev–Trinajstić information content (AvgIpc) is 3.28. The quantitative estimate of drug-likeness (QED) is 0.876. The van der Waals surface area contributed by atoms with Gasteiger partial charge in [0, 0.05) is 19.3 Å². The Hall–Kier alpha value is -1.95. The highest BCUT2D eigenvalue weighted by Gasteiger charge is 2.50. The van der Waals surface area contributed by atoms with Crippen LogP contribution in [0.2, 0.25) is 0 Å². The molecule has 22 heavy (non-hydrogen) atoms. The molecule has 3 rings (SSSR count). The van der Waals surface area contributed by atoms with Crippen LogP contribution in [0.5, 0.6) is 0 Å². The van der Waals surface area contributed by atoms with Crippen molar-refractivity contribution in [2.24, 2.45) is 5.92 Å². The van der Waals surface area contributed by atoms with Crippen LogP contribution in [0.1, 0.15) is 31.2 Å². The van der Waals surface area contributed by atoms with E-state index in [0.29, 0.717) is 31.7 Å². The maximum Gasteiger partial charge on any atom is 0.254 e. The number of aromatic nitrogens is 1. The monoisotopic (exact) mass is 303 g/mol. The summed E-state index contributed by atoms with van der Waals surface area (Å²) < 4.78 is 0. The van der Waals surface area contributed by atoms with E-state index in [-0.39, 0.29) is 17.7 Å². The van der Waals surface area contributed by atoms with Crippen molar-refractivity contribution in [1.82, 2.24) is 9.88 Å². The SMILES string of the molecule is Cc1ccc(NC(=O)C2CCCN(C(=O)C3(O)CC3)C2)nc1. The lowest BCUT2D eigenvalue weighted by Gasteiger charge is -2.33. The number of likely N-dealkylation sites (tertiary alicyclic amines) is 1. The molecule has 1 aliphatic heterocycles. The number of rotatable bonds is 3. The van der Waals surface area contributed by atoms with Gasteiger partial charge in [-0.1, -0.05) is 6.07 Å². The first-order valence-corrected chi connectivity index (χ1v) is 7.73. The number of hydrogen-bond donors (Lipinski definition) is 2. The number of nitrogens with one attached hydrogen (secondary N) is 1. The fourth-order valence-corrected chi connectivity index (χ4v) is 2.77. The van der Waals surface area contributed by atoms with Gasteiger partial charge in [-0.3, -0.25) is 9.59 Å². The smallest absolute Gasteiger partial charge is 0.254 e. The predicted molar refractivity (Wildman–Crippen MR) is 81.1 cm³/mol. The molecule has 2 fully saturated rings. The summed E-state index contributed by atoms with van der Waals surface area (Å²) in [4.78, 5) is 30.3. The van der Waals surface area contributed by atoms with Gasteiger partial charge in [0.05, 0.1) is 5.92 Å². The van der Waals surface area contributed by atoms with Gasteiger partial charge in [-0.2, -0.15) is 0 Å². The second-order valence-electron chi connectivity index (χ2n) is 6.33. The zero-order chi connectivity index (χ0) is 15.7. The largest absolute Gasteiger partial charge is 0.380 e. The third kappa shape index (κ3) is 3.11. The van der Waals surface area contributed by atoms with E-state index < -0.39 is 5.60 Å².